The number of nitrogens with zero attached hydrogens (tertiary/aromatic N) is 6. The van der Waals surface area contributed by atoms with Crippen molar-refractivity contribution < 1.29 is 4.92 Å². The fraction of sp³-hybridized carbons (Fsp3) is 0.192. The summed E-state index contributed by atoms with van der Waals surface area (Å²) in [5.41, 5.74) is 2.67. The quantitative estimate of drug-likeness (QED) is 0.212. The number of aromatic nitrogens is 3. The molecule has 1 N–H and O–H groups in total. The Labute approximate surface area is 213 Å². The van der Waals surface area contributed by atoms with Gasteiger partial charge in [-0.3, -0.25) is 15.0 Å². The van der Waals surface area contributed by atoms with Gasteiger partial charge in [0.2, 0.25) is 11.6 Å². The average molecular weight is 502 g/mol. The van der Waals surface area contributed by atoms with Crippen molar-refractivity contribution in [2.75, 3.05) is 36.4 Å². The van der Waals surface area contributed by atoms with Crippen molar-refractivity contribution >= 4 is 34.6 Å². The van der Waals surface area contributed by atoms with Gasteiger partial charge in [0.05, 0.1) is 16.7 Å². The molecule has 10 heteroatoms. The van der Waals surface area contributed by atoms with Crippen LogP contribution in [0.2, 0.25) is 5.15 Å². The number of pyridine rings is 1. The second kappa shape index (κ2) is 10.7. The predicted molar refractivity (Wildman–Crippen MR) is 140 cm³/mol. The van der Waals surface area contributed by atoms with E-state index in [1.165, 1.54) is 17.5 Å². The van der Waals surface area contributed by atoms with Crippen molar-refractivity contribution in [1.82, 2.24) is 19.9 Å². The summed E-state index contributed by atoms with van der Waals surface area (Å²) in [4.78, 5) is 28.4. The summed E-state index contributed by atoms with van der Waals surface area (Å²) in [7, 11) is 0. The average Bonchev–Trinajstić information content (AvgIpc) is 2.91. The number of halogens is 1. The highest BCUT2D eigenvalue weighted by Crippen LogP contribution is 2.36. The molecule has 9 nitrogen and oxygen atoms in total. The van der Waals surface area contributed by atoms with Crippen molar-refractivity contribution in [1.29, 1.82) is 0 Å². The van der Waals surface area contributed by atoms with Crippen LogP contribution in [0.25, 0.3) is 0 Å². The maximum Gasteiger partial charge on any atom is 0.353 e. The van der Waals surface area contributed by atoms with E-state index < -0.39 is 4.92 Å². The van der Waals surface area contributed by atoms with Crippen LogP contribution in [0.1, 0.15) is 17.2 Å². The van der Waals surface area contributed by atoms with E-state index in [-0.39, 0.29) is 28.5 Å². The Hall–Kier alpha value is -4.08. The largest absolute Gasteiger partial charge is 0.353 e. The molecule has 0 saturated carbocycles. The molecule has 0 radical (unpaired) electrons. The molecule has 0 atom stereocenters. The summed E-state index contributed by atoms with van der Waals surface area (Å²) in [5.74, 6) is 0.363. The summed E-state index contributed by atoms with van der Waals surface area (Å²) in [6, 6.07) is 24.3. The Balaban J connectivity index is 1.40. The van der Waals surface area contributed by atoms with Crippen molar-refractivity contribution in [2.24, 2.45) is 0 Å². The SMILES string of the molecule is O=[N+]([O-])c1c(Nc2cccnc2Cl)ncnc1N1CCN(C(c2ccccc2)c2ccccc2)CC1. The molecular formula is C26H24ClN7O2. The topological polar surface area (TPSA) is 100 Å². The van der Waals surface area contributed by atoms with Gasteiger partial charge in [-0.15, -0.1) is 0 Å². The number of nitrogens with one attached hydrogen (secondary N) is 1. The summed E-state index contributed by atoms with van der Waals surface area (Å²) in [6.45, 7) is 2.60. The summed E-state index contributed by atoms with van der Waals surface area (Å²) >= 11 is 6.14. The Morgan fingerprint density at radius 2 is 1.50 bits per heavy atom. The lowest BCUT2D eigenvalue weighted by atomic mass is 9.96. The highest BCUT2D eigenvalue weighted by atomic mass is 35.5. The maximum absolute atomic E-state index is 12.1. The smallest absolute Gasteiger partial charge is 0.348 e. The van der Waals surface area contributed by atoms with Crippen LogP contribution in [0.5, 0.6) is 0 Å². The van der Waals surface area contributed by atoms with Crippen LogP contribution in [0.3, 0.4) is 0 Å². The first-order chi connectivity index (χ1) is 17.6. The van der Waals surface area contributed by atoms with E-state index in [4.69, 9.17) is 11.6 Å². The number of hydrogen-bond acceptors (Lipinski definition) is 8. The van der Waals surface area contributed by atoms with Gasteiger partial charge in [0.15, 0.2) is 5.15 Å². The van der Waals surface area contributed by atoms with Crippen LogP contribution in [0.15, 0.2) is 85.3 Å². The second-order valence-electron chi connectivity index (χ2n) is 8.37. The third-order valence-electron chi connectivity index (χ3n) is 6.21. The number of piperazine rings is 1. The highest BCUT2D eigenvalue weighted by molar-refractivity contribution is 6.32. The highest BCUT2D eigenvalue weighted by Gasteiger charge is 2.32. The lowest BCUT2D eigenvalue weighted by Crippen LogP contribution is -2.48. The van der Waals surface area contributed by atoms with Gasteiger partial charge in [0.25, 0.3) is 0 Å². The molecule has 0 unspecified atom stereocenters. The molecule has 1 fully saturated rings. The molecule has 1 saturated heterocycles. The zero-order chi connectivity index (χ0) is 24.9. The van der Waals surface area contributed by atoms with E-state index in [1.54, 1.807) is 18.3 Å². The minimum Gasteiger partial charge on any atom is -0.348 e. The first kappa shape index (κ1) is 23.7. The van der Waals surface area contributed by atoms with Crippen LogP contribution in [-0.4, -0.2) is 51.0 Å². The Morgan fingerprint density at radius 3 is 2.08 bits per heavy atom. The fourth-order valence-electron chi connectivity index (χ4n) is 4.54. The van der Waals surface area contributed by atoms with Gasteiger partial charge in [-0.2, -0.15) is 0 Å². The molecule has 182 valence electrons. The fourth-order valence-corrected chi connectivity index (χ4v) is 4.71. The molecule has 1 aliphatic rings. The maximum atomic E-state index is 12.1. The molecule has 0 spiro atoms. The molecular weight excluding hydrogens is 478 g/mol. The number of nitro groups is 1. The summed E-state index contributed by atoms with van der Waals surface area (Å²) in [6.07, 6.45) is 2.88. The normalized spacial score (nSPS) is 14.1. The lowest BCUT2D eigenvalue weighted by molar-refractivity contribution is -0.383. The second-order valence-corrected chi connectivity index (χ2v) is 8.72. The van der Waals surface area contributed by atoms with Crippen LogP contribution in [-0.2, 0) is 0 Å². The molecule has 1 aliphatic heterocycles. The monoisotopic (exact) mass is 501 g/mol. The number of benzene rings is 2. The first-order valence-electron chi connectivity index (χ1n) is 11.6. The molecule has 4 aromatic rings. The van der Waals surface area contributed by atoms with Crippen molar-refractivity contribution in [3.8, 4) is 0 Å². The molecule has 0 amide bonds. The van der Waals surface area contributed by atoms with Crippen LogP contribution < -0.4 is 10.2 Å². The molecule has 2 aromatic carbocycles. The molecule has 2 aromatic heterocycles. The minimum atomic E-state index is -0.453. The van der Waals surface area contributed by atoms with Gasteiger partial charge in [0, 0.05) is 32.4 Å². The van der Waals surface area contributed by atoms with Gasteiger partial charge in [-0.25, -0.2) is 15.0 Å². The van der Waals surface area contributed by atoms with E-state index in [0.29, 0.717) is 31.9 Å². The van der Waals surface area contributed by atoms with Crippen molar-refractivity contribution in [3.63, 3.8) is 0 Å². The van der Waals surface area contributed by atoms with E-state index in [0.717, 1.165) is 0 Å². The zero-order valence-electron chi connectivity index (χ0n) is 19.4. The molecule has 0 aliphatic carbocycles. The summed E-state index contributed by atoms with van der Waals surface area (Å²) < 4.78 is 0. The Morgan fingerprint density at radius 1 is 0.861 bits per heavy atom. The van der Waals surface area contributed by atoms with Crippen LogP contribution >= 0.6 is 11.6 Å². The Kier molecular flexibility index (Phi) is 7.01. The van der Waals surface area contributed by atoms with E-state index in [2.05, 4.69) is 73.7 Å². The third-order valence-corrected chi connectivity index (χ3v) is 6.51. The molecule has 0 bridgehead atoms. The third kappa shape index (κ3) is 4.98. The molecule has 3 heterocycles. The van der Waals surface area contributed by atoms with Crippen molar-refractivity contribution in [2.45, 2.75) is 6.04 Å². The van der Waals surface area contributed by atoms with Gasteiger partial charge >= 0.3 is 5.69 Å². The number of rotatable bonds is 7. The van der Waals surface area contributed by atoms with E-state index in [9.17, 15) is 10.1 Å². The van der Waals surface area contributed by atoms with Crippen LogP contribution in [0.4, 0.5) is 23.0 Å². The molecule has 5 rings (SSSR count). The van der Waals surface area contributed by atoms with Crippen molar-refractivity contribution in [3.05, 3.63) is 112 Å². The van der Waals surface area contributed by atoms with Gasteiger partial charge in [-0.05, 0) is 23.3 Å². The number of anilines is 3. The first-order valence-corrected chi connectivity index (χ1v) is 12.0. The zero-order valence-corrected chi connectivity index (χ0v) is 20.1. The molecule has 36 heavy (non-hydrogen) atoms. The van der Waals surface area contributed by atoms with E-state index >= 15 is 0 Å². The Bertz CT molecular complexity index is 1290. The van der Waals surface area contributed by atoms with Gasteiger partial charge in [0.1, 0.15) is 6.33 Å². The standard InChI is InChI=1S/C26H24ClN7O2/c27-24-21(12-7-13-28-24)31-25-23(34(35)36)26(30-18-29-25)33-16-14-32(15-17-33)22(19-8-3-1-4-9-19)20-10-5-2-6-11-20/h1-13,18,22H,14-17H2,(H,29,30,31). The minimum absolute atomic E-state index is 0.0776. The summed E-state index contributed by atoms with van der Waals surface area (Å²) in [5, 5.41) is 15.3. The number of hydrogen-bond donors (Lipinski definition) is 1. The van der Waals surface area contributed by atoms with Gasteiger partial charge in [-0.1, -0.05) is 72.3 Å². The van der Waals surface area contributed by atoms with Gasteiger partial charge < -0.3 is 10.2 Å². The van der Waals surface area contributed by atoms with Crippen LogP contribution in [0, 0.1) is 10.1 Å². The lowest BCUT2D eigenvalue weighted by Gasteiger charge is -2.40. The predicted octanol–water partition coefficient (Wildman–Crippen LogP) is 5.09. The van der Waals surface area contributed by atoms with E-state index in [1.807, 2.05) is 17.0 Å².